The molecule has 0 saturated carbocycles. The highest BCUT2D eigenvalue weighted by Gasteiger charge is 2.28. The number of carbonyl (C=O) groups is 1. The number of hydrogen-bond donors (Lipinski definition) is 1. The molecule has 0 saturated heterocycles. The molecule has 0 bridgehead atoms. The summed E-state index contributed by atoms with van der Waals surface area (Å²) in [6.07, 6.45) is 1.75. The number of aromatic nitrogens is 3. The molecule has 30 heavy (non-hydrogen) atoms. The smallest absolute Gasteiger partial charge is 0.257 e. The summed E-state index contributed by atoms with van der Waals surface area (Å²) < 4.78 is 25.7. The van der Waals surface area contributed by atoms with Crippen molar-refractivity contribution in [3.8, 4) is 0 Å². The van der Waals surface area contributed by atoms with Crippen molar-refractivity contribution in [1.29, 1.82) is 0 Å². The SMILES string of the molecule is CCc1c(C)nc2n(c1=O)CC(C(=O)Nc1nc3ccc(S(C)(=O)=O)cc3s1)CS2. The van der Waals surface area contributed by atoms with Gasteiger partial charge in [-0.25, -0.2) is 18.4 Å². The van der Waals surface area contributed by atoms with E-state index in [1.165, 1.54) is 29.2 Å². The molecule has 2 aromatic heterocycles. The number of fused-ring (bicyclic) bond motifs is 2. The monoisotopic (exact) mass is 464 g/mol. The summed E-state index contributed by atoms with van der Waals surface area (Å²) in [6.45, 7) is 4.03. The lowest BCUT2D eigenvalue weighted by molar-refractivity contribution is -0.119. The molecule has 3 heterocycles. The van der Waals surface area contributed by atoms with Crippen LogP contribution < -0.4 is 10.9 Å². The van der Waals surface area contributed by atoms with Crippen LogP contribution in [0.4, 0.5) is 5.13 Å². The summed E-state index contributed by atoms with van der Waals surface area (Å²) in [5.74, 6) is -0.0965. The van der Waals surface area contributed by atoms with Crippen molar-refractivity contribution in [3.05, 3.63) is 39.8 Å². The van der Waals surface area contributed by atoms with Gasteiger partial charge in [-0.15, -0.1) is 0 Å². The van der Waals surface area contributed by atoms with Crippen LogP contribution in [0.2, 0.25) is 0 Å². The fraction of sp³-hybridized carbons (Fsp3) is 0.368. The quantitative estimate of drug-likeness (QED) is 0.591. The van der Waals surface area contributed by atoms with E-state index in [2.05, 4.69) is 15.3 Å². The fourth-order valence-corrected chi connectivity index (χ4v) is 6.11. The topological polar surface area (TPSA) is 111 Å². The standard InChI is InChI=1S/C19H20N4O4S3/c1-4-13-10(2)20-19-23(17(13)25)8-11(9-28-19)16(24)22-18-21-14-6-5-12(30(3,26)27)7-15(14)29-18/h5-7,11H,4,8-9H2,1-3H3,(H,21,22,24). The second-order valence-electron chi connectivity index (χ2n) is 7.15. The molecule has 4 rings (SSSR count). The van der Waals surface area contributed by atoms with E-state index < -0.39 is 15.8 Å². The Balaban J connectivity index is 1.56. The van der Waals surface area contributed by atoms with Crippen LogP contribution in [0.3, 0.4) is 0 Å². The number of anilines is 1. The lowest BCUT2D eigenvalue weighted by Crippen LogP contribution is -2.38. The number of benzene rings is 1. The number of hydrogen-bond acceptors (Lipinski definition) is 8. The van der Waals surface area contributed by atoms with Gasteiger partial charge in [0, 0.05) is 29.8 Å². The van der Waals surface area contributed by atoms with E-state index >= 15 is 0 Å². The molecular weight excluding hydrogens is 444 g/mol. The molecule has 1 unspecified atom stereocenters. The van der Waals surface area contributed by atoms with E-state index in [-0.39, 0.29) is 22.9 Å². The van der Waals surface area contributed by atoms with Gasteiger partial charge >= 0.3 is 0 Å². The second kappa shape index (κ2) is 7.78. The highest BCUT2D eigenvalue weighted by Crippen LogP contribution is 2.30. The third-order valence-corrected chi connectivity index (χ3v) is 8.18. The molecule has 1 aliphatic rings. The minimum absolute atomic E-state index is 0.0849. The van der Waals surface area contributed by atoms with Gasteiger partial charge in [0.25, 0.3) is 5.56 Å². The molecule has 3 aromatic rings. The average molecular weight is 465 g/mol. The van der Waals surface area contributed by atoms with Crippen LogP contribution in [0.5, 0.6) is 0 Å². The number of nitrogens with zero attached hydrogens (tertiary/aromatic N) is 3. The predicted molar refractivity (Wildman–Crippen MR) is 118 cm³/mol. The highest BCUT2D eigenvalue weighted by atomic mass is 32.2. The maximum Gasteiger partial charge on any atom is 0.257 e. The van der Waals surface area contributed by atoms with E-state index in [0.29, 0.717) is 38.2 Å². The molecule has 8 nitrogen and oxygen atoms in total. The van der Waals surface area contributed by atoms with Gasteiger partial charge < -0.3 is 5.32 Å². The summed E-state index contributed by atoms with van der Waals surface area (Å²) in [7, 11) is -3.32. The summed E-state index contributed by atoms with van der Waals surface area (Å²) in [5.41, 5.74) is 1.95. The molecule has 1 atom stereocenters. The maximum absolute atomic E-state index is 12.8. The van der Waals surface area contributed by atoms with Crippen molar-refractivity contribution >= 4 is 54.2 Å². The molecule has 1 aromatic carbocycles. The number of sulfone groups is 1. The van der Waals surface area contributed by atoms with Crippen LogP contribution in [0.15, 0.2) is 33.0 Å². The Hall–Kier alpha value is -2.24. The number of thiazole rings is 1. The molecule has 1 amide bonds. The summed E-state index contributed by atoms with van der Waals surface area (Å²) in [4.78, 5) is 34.7. The third kappa shape index (κ3) is 3.88. The van der Waals surface area contributed by atoms with E-state index in [4.69, 9.17) is 0 Å². The van der Waals surface area contributed by atoms with Crippen molar-refractivity contribution in [2.45, 2.75) is 36.9 Å². The van der Waals surface area contributed by atoms with Gasteiger partial charge in [-0.3, -0.25) is 14.2 Å². The largest absolute Gasteiger partial charge is 0.302 e. The maximum atomic E-state index is 12.8. The van der Waals surface area contributed by atoms with Crippen LogP contribution >= 0.6 is 23.1 Å². The Morgan fingerprint density at radius 2 is 2.10 bits per heavy atom. The fourth-order valence-electron chi connectivity index (χ4n) is 3.36. The van der Waals surface area contributed by atoms with Crippen molar-refractivity contribution < 1.29 is 13.2 Å². The Bertz CT molecular complexity index is 1330. The molecule has 158 valence electrons. The van der Waals surface area contributed by atoms with Crippen molar-refractivity contribution in [1.82, 2.24) is 14.5 Å². The molecule has 0 fully saturated rings. The van der Waals surface area contributed by atoms with Gasteiger partial charge in [0.2, 0.25) is 5.91 Å². The molecule has 11 heteroatoms. The highest BCUT2D eigenvalue weighted by molar-refractivity contribution is 7.99. The molecule has 1 aliphatic heterocycles. The summed E-state index contributed by atoms with van der Waals surface area (Å²) in [6, 6.07) is 4.69. The minimum atomic E-state index is -3.32. The number of rotatable bonds is 4. The van der Waals surface area contributed by atoms with E-state index in [9.17, 15) is 18.0 Å². The van der Waals surface area contributed by atoms with Crippen molar-refractivity contribution in [3.63, 3.8) is 0 Å². The Morgan fingerprint density at radius 3 is 2.80 bits per heavy atom. The second-order valence-corrected chi connectivity index (χ2v) is 11.2. The zero-order chi connectivity index (χ0) is 21.6. The first-order chi connectivity index (χ1) is 14.2. The van der Waals surface area contributed by atoms with Crippen molar-refractivity contribution in [2.24, 2.45) is 5.92 Å². The molecule has 0 aliphatic carbocycles. The van der Waals surface area contributed by atoms with Crippen LogP contribution in [-0.4, -0.2) is 40.9 Å². The number of aryl methyl sites for hydroxylation is 1. The Labute approximate surface area is 181 Å². The number of nitrogens with one attached hydrogen (secondary N) is 1. The number of carbonyl (C=O) groups excluding carboxylic acids is 1. The minimum Gasteiger partial charge on any atom is -0.302 e. The summed E-state index contributed by atoms with van der Waals surface area (Å²) in [5, 5.41) is 3.87. The molecule has 0 radical (unpaired) electrons. The Kier molecular flexibility index (Phi) is 5.45. The lowest BCUT2D eigenvalue weighted by Gasteiger charge is -2.24. The third-order valence-electron chi connectivity index (χ3n) is 4.99. The zero-order valence-electron chi connectivity index (χ0n) is 16.6. The predicted octanol–water partition coefficient (Wildman–Crippen LogP) is 2.49. The van der Waals surface area contributed by atoms with Gasteiger partial charge in [0.15, 0.2) is 20.1 Å². The van der Waals surface area contributed by atoms with E-state index in [0.717, 1.165) is 11.9 Å². The zero-order valence-corrected chi connectivity index (χ0v) is 19.1. The number of thioether (sulfide) groups is 1. The van der Waals surface area contributed by atoms with Gasteiger partial charge in [-0.05, 0) is 31.5 Å². The van der Waals surface area contributed by atoms with Gasteiger partial charge in [-0.2, -0.15) is 0 Å². The molecule has 1 N–H and O–H groups in total. The molecular formula is C19H20N4O4S3. The van der Waals surface area contributed by atoms with E-state index in [1.54, 1.807) is 16.7 Å². The molecule has 0 spiro atoms. The summed E-state index contributed by atoms with van der Waals surface area (Å²) >= 11 is 2.62. The van der Waals surface area contributed by atoms with Crippen LogP contribution in [0, 0.1) is 12.8 Å². The first-order valence-electron chi connectivity index (χ1n) is 9.32. The normalized spacial score (nSPS) is 16.4. The average Bonchev–Trinajstić information content (AvgIpc) is 3.08. The van der Waals surface area contributed by atoms with Gasteiger partial charge in [-0.1, -0.05) is 30.0 Å². The van der Waals surface area contributed by atoms with Crippen LogP contribution in [0.1, 0.15) is 18.2 Å². The Morgan fingerprint density at radius 1 is 1.33 bits per heavy atom. The van der Waals surface area contributed by atoms with E-state index in [1.807, 2.05) is 13.8 Å². The first kappa shape index (κ1) is 21.0. The van der Waals surface area contributed by atoms with Gasteiger partial charge in [0.1, 0.15) is 0 Å². The lowest BCUT2D eigenvalue weighted by atomic mass is 10.1. The van der Waals surface area contributed by atoms with Crippen molar-refractivity contribution in [2.75, 3.05) is 17.3 Å². The number of amides is 1. The first-order valence-corrected chi connectivity index (χ1v) is 13.0. The van der Waals surface area contributed by atoms with Crippen LogP contribution in [0.25, 0.3) is 10.2 Å². The van der Waals surface area contributed by atoms with Gasteiger partial charge in [0.05, 0.1) is 21.0 Å². The van der Waals surface area contributed by atoms with Crippen LogP contribution in [-0.2, 0) is 27.6 Å².